The van der Waals surface area contributed by atoms with Crippen LogP contribution in [0.4, 0.5) is 0 Å². The highest BCUT2D eigenvalue weighted by Gasteiger charge is 2.29. The molecule has 1 amide bonds. The molecule has 2 aliphatic rings. The first-order chi connectivity index (χ1) is 9.25. The van der Waals surface area contributed by atoms with Gasteiger partial charge < -0.3 is 5.32 Å². The molecule has 2 heterocycles. The van der Waals surface area contributed by atoms with Crippen LogP contribution in [0.1, 0.15) is 37.9 Å². The molecule has 0 saturated heterocycles. The van der Waals surface area contributed by atoms with Crippen molar-refractivity contribution in [1.29, 1.82) is 0 Å². The SMILES string of the molecule is O=C(NCCCn1nc2n(c1=O)CCCC2)C1CC1. The zero-order valence-electron chi connectivity index (χ0n) is 11.1. The van der Waals surface area contributed by atoms with Crippen molar-refractivity contribution in [3.05, 3.63) is 16.3 Å². The monoisotopic (exact) mass is 264 g/mol. The first-order valence-corrected chi connectivity index (χ1v) is 7.20. The maximum Gasteiger partial charge on any atom is 0.345 e. The normalized spacial score (nSPS) is 18.1. The van der Waals surface area contributed by atoms with Crippen LogP contribution in [-0.2, 0) is 24.3 Å². The van der Waals surface area contributed by atoms with E-state index in [1.807, 2.05) is 0 Å². The average molecular weight is 264 g/mol. The van der Waals surface area contributed by atoms with Crippen molar-refractivity contribution in [2.45, 2.75) is 51.6 Å². The van der Waals surface area contributed by atoms with Gasteiger partial charge in [-0.05, 0) is 32.1 Å². The number of carbonyl (C=O) groups is 1. The Balaban J connectivity index is 1.51. The summed E-state index contributed by atoms with van der Waals surface area (Å²) in [7, 11) is 0. The summed E-state index contributed by atoms with van der Waals surface area (Å²) in [5.74, 6) is 1.33. The number of fused-ring (bicyclic) bond motifs is 1. The second-order valence-corrected chi connectivity index (χ2v) is 5.45. The summed E-state index contributed by atoms with van der Waals surface area (Å²) < 4.78 is 3.33. The van der Waals surface area contributed by atoms with Crippen molar-refractivity contribution in [3.63, 3.8) is 0 Å². The van der Waals surface area contributed by atoms with Crippen molar-refractivity contribution in [1.82, 2.24) is 19.7 Å². The van der Waals surface area contributed by atoms with Gasteiger partial charge in [0.1, 0.15) is 5.82 Å². The van der Waals surface area contributed by atoms with Crippen LogP contribution >= 0.6 is 0 Å². The van der Waals surface area contributed by atoms with Crippen molar-refractivity contribution >= 4 is 5.91 Å². The number of hydrogen-bond acceptors (Lipinski definition) is 3. The molecule has 1 aliphatic heterocycles. The van der Waals surface area contributed by atoms with Crippen molar-refractivity contribution in [3.8, 4) is 0 Å². The van der Waals surface area contributed by atoms with E-state index in [9.17, 15) is 9.59 Å². The average Bonchev–Trinajstić information content (AvgIpc) is 3.22. The number of nitrogens with one attached hydrogen (secondary N) is 1. The van der Waals surface area contributed by atoms with E-state index in [1.165, 1.54) is 0 Å². The molecule has 19 heavy (non-hydrogen) atoms. The number of aryl methyl sites for hydroxylation is 2. The summed E-state index contributed by atoms with van der Waals surface area (Å²) in [6, 6.07) is 0. The Morgan fingerprint density at radius 2 is 2.21 bits per heavy atom. The predicted molar refractivity (Wildman–Crippen MR) is 69.8 cm³/mol. The van der Waals surface area contributed by atoms with Crippen LogP contribution in [0.2, 0.25) is 0 Å². The Morgan fingerprint density at radius 3 is 2.95 bits per heavy atom. The molecule has 1 aromatic rings. The van der Waals surface area contributed by atoms with Crippen molar-refractivity contribution in [2.24, 2.45) is 5.92 Å². The summed E-state index contributed by atoms with van der Waals surface area (Å²) in [5.41, 5.74) is 0.00298. The van der Waals surface area contributed by atoms with Crippen LogP contribution in [0, 0.1) is 5.92 Å². The maximum absolute atomic E-state index is 12.0. The van der Waals surface area contributed by atoms with Gasteiger partial charge in [-0.3, -0.25) is 9.36 Å². The van der Waals surface area contributed by atoms with Crippen LogP contribution in [0.25, 0.3) is 0 Å². The third-order valence-electron chi connectivity index (χ3n) is 3.83. The van der Waals surface area contributed by atoms with Crippen LogP contribution in [0.5, 0.6) is 0 Å². The molecule has 0 aromatic carbocycles. The predicted octanol–water partition coefficient (Wildman–Crippen LogP) is 0.297. The minimum Gasteiger partial charge on any atom is -0.356 e. The third kappa shape index (κ3) is 2.72. The van der Waals surface area contributed by atoms with Gasteiger partial charge >= 0.3 is 5.69 Å². The Hall–Kier alpha value is -1.59. The second-order valence-electron chi connectivity index (χ2n) is 5.45. The summed E-state index contributed by atoms with van der Waals surface area (Å²) in [6.07, 6.45) is 5.90. The standard InChI is InChI=1S/C13H20N4O2/c18-12(10-5-6-10)14-7-3-9-17-13(19)16-8-2-1-4-11(16)15-17/h10H,1-9H2,(H,14,18). The molecule has 1 aliphatic carbocycles. The van der Waals surface area contributed by atoms with Gasteiger partial charge in [0.05, 0.1) is 0 Å². The van der Waals surface area contributed by atoms with Crippen LogP contribution in [0.15, 0.2) is 4.79 Å². The molecule has 1 saturated carbocycles. The fourth-order valence-corrected chi connectivity index (χ4v) is 2.52. The van der Waals surface area contributed by atoms with Gasteiger partial charge in [-0.2, -0.15) is 5.10 Å². The molecule has 6 heteroatoms. The van der Waals surface area contributed by atoms with E-state index < -0.39 is 0 Å². The number of aromatic nitrogens is 3. The van der Waals surface area contributed by atoms with Gasteiger partial charge in [0, 0.05) is 32.0 Å². The third-order valence-corrected chi connectivity index (χ3v) is 3.83. The molecule has 3 rings (SSSR count). The largest absolute Gasteiger partial charge is 0.356 e. The molecule has 0 atom stereocenters. The van der Waals surface area contributed by atoms with E-state index in [2.05, 4.69) is 10.4 Å². The number of nitrogens with zero attached hydrogens (tertiary/aromatic N) is 3. The molecule has 1 N–H and O–H groups in total. The molecule has 0 spiro atoms. The Morgan fingerprint density at radius 1 is 1.37 bits per heavy atom. The van der Waals surface area contributed by atoms with E-state index in [0.717, 1.165) is 50.9 Å². The highest BCUT2D eigenvalue weighted by atomic mass is 16.2. The van der Waals surface area contributed by atoms with Crippen LogP contribution in [-0.4, -0.2) is 26.8 Å². The molecule has 0 bridgehead atoms. The topological polar surface area (TPSA) is 68.9 Å². The van der Waals surface area contributed by atoms with Gasteiger partial charge in [0.25, 0.3) is 0 Å². The molecule has 0 unspecified atom stereocenters. The minimum absolute atomic E-state index is 0.00298. The fraction of sp³-hybridized carbons (Fsp3) is 0.769. The highest BCUT2D eigenvalue weighted by molar-refractivity contribution is 5.80. The lowest BCUT2D eigenvalue weighted by molar-refractivity contribution is -0.122. The van der Waals surface area contributed by atoms with E-state index in [-0.39, 0.29) is 17.5 Å². The fourth-order valence-electron chi connectivity index (χ4n) is 2.52. The molecule has 1 aromatic heterocycles. The summed E-state index contributed by atoms with van der Waals surface area (Å²) in [5, 5.41) is 7.28. The lowest BCUT2D eigenvalue weighted by Gasteiger charge is -2.09. The molecule has 6 nitrogen and oxygen atoms in total. The molecular weight excluding hydrogens is 244 g/mol. The maximum atomic E-state index is 12.0. The van der Waals surface area contributed by atoms with Gasteiger partial charge in [-0.25, -0.2) is 9.48 Å². The quantitative estimate of drug-likeness (QED) is 0.778. The van der Waals surface area contributed by atoms with E-state index in [4.69, 9.17) is 0 Å². The molecular formula is C13H20N4O2. The first-order valence-electron chi connectivity index (χ1n) is 7.20. The number of hydrogen-bond donors (Lipinski definition) is 1. The Labute approximate surface area is 111 Å². The van der Waals surface area contributed by atoms with Gasteiger partial charge in [0.2, 0.25) is 5.91 Å². The molecule has 104 valence electrons. The van der Waals surface area contributed by atoms with Gasteiger partial charge in [-0.15, -0.1) is 0 Å². The minimum atomic E-state index is 0.00298. The number of amides is 1. The van der Waals surface area contributed by atoms with Crippen LogP contribution in [0.3, 0.4) is 0 Å². The summed E-state index contributed by atoms with van der Waals surface area (Å²) in [6.45, 7) is 2.01. The highest BCUT2D eigenvalue weighted by Crippen LogP contribution is 2.28. The lowest BCUT2D eigenvalue weighted by atomic mass is 10.2. The first kappa shape index (κ1) is 12.4. The smallest absolute Gasteiger partial charge is 0.345 e. The number of rotatable bonds is 5. The van der Waals surface area contributed by atoms with Gasteiger partial charge in [0.15, 0.2) is 0 Å². The molecule has 1 fully saturated rings. The van der Waals surface area contributed by atoms with Crippen molar-refractivity contribution in [2.75, 3.05) is 6.54 Å². The van der Waals surface area contributed by atoms with E-state index in [0.29, 0.717) is 13.1 Å². The number of carbonyl (C=O) groups excluding carboxylic acids is 1. The second kappa shape index (κ2) is 5.19. The lowest BCUT2D eigenvalue weighted by Crippen LogP contribution is -2.29. The zero-order chi connectivity index (χ0) is 13.2. The van der Waals surface area contributed by atoms with E-state index >= 15 is 0 Å². The summed E-state index contributed by atoms with van der Waals surface area (Å²) in [4.78, 5) is 23.5. The van der Waals surface area contributed by atoms with E-state index in [1.54, 1.807) is 9.25 Å². The van der Waals surface area contributed by atoms with Crippen LogP contribution < -0.4 is 11.0 Å². The summed E-state index contributed by atoms with van der Waals surface area (Å²) >= 11 is 0. The Kier molecular flexibility index (Phi) is 3.40. The Bertz CT molecular complexity index is 527. The molecule has 0 radical (unpaired) electrons. The zero-order valence-corrected chi connectivity index (χ0v) is 11.1. The van der Waals surface area contributed by atoms with Gasteiger partial charge in [-0.1, -0.05) is 0 Å². The van der Waals surface area contributed by atoms with Crippen molar-refractivity contribution < 1.29 is 4.79 Å².